The molecule has 1 aromatic heterocycles. The predicted octanol–water partition coefficient (Wildman–Crippen LogP) is 6.46. The first kappa shape index (κ1) is 18.7. The maximum Gasteiger partial charge on any atom is 0.0651 e. The minimum Gasteiger partial charge on any atom is -0.238 e. The lowest BCUT2D eigenvalue weighted by molar-refractivity contribution is 0.832. The van der Waals surface area contributed by atoms with Crippen molar-refractivity contribution in [2.75, 3.05) is 0 Å². The summed E-state index contributed by atoms with van der Waals surface area (Å²) in [5.74, 6) is 0. The van der Waals surface area contributed by atoms with Gasteiger partial charge in [0.2, 0.25) is 0 Å². The topological polar surface area (TPSA) is 17.8 Å². The molecule has 1 heterocycles. The van der Waals surface area contributed by atoms with E-state index in [1.165, 1.54) is 27.9 Å². The highest BCUT2D eigenvalue weighted by Crippen LogP contribution is 2.22. The first-order valence-electron chi connectivity index (χ1n) is 9.26. The molecule has 0 atom stereocenters. The molecule has 0 aliphatic rings. The molecule has 0 spiro atoms. The Morgan fingerprint density at radius 1 is 0.667 bits per heavy atom. The molecule has 4 aromatic rings. The Morgan fingerprint density at radius 2 is 1.37 bits per heavy atom. The van der Waals surface area contributed by atoms with Crippen molar-refractivity contribution in [3.8, 4) is 16.8 Å². The normalized spacial score (nSPS) is 10.2. The second-order valence-corrected chi connectivity index (χ2v) is 6.86. The molecule has 2 heteroatoms. The van der Waals surface area contributed by atoms with E-state index in [0.29, 0.717) is 0 Å². The van der Waals surface area contributed by atoms with E-state index in [1.807, 2.05) is 17.7 Å². The van der Waals surface area contributed by atoms with Gasteiger partial charge in [0.1, 0.15) is 0 Å². The van der Waals surface area contributed by atoms with Crippen molar-refractivity contribution in [2.24, 2.45) is 0 Å². The van der Waals surface area contributed by atoms with Gasteiger partial charge in [-0.1, -0.05) is 66.7 Å². The van der Waals surface area contributed by atoms with Crippen LogP contribution < -0.4 is 0 Å². The van der Waals surface area contributed by atoms with E-state index in [9.17, 15) is 0 Å². The smallest absolute Gasteiger partial charge is 0.0651 e. The molecule has 2 nitrogen and oxygen atoms in total. The van der Waals surface area contributed by atoms with Crippen molar-refractivity contribution >= 4 is 0 Å². The van der Waals surface area contributed by atoms with Gasteiger partial charge in [-0.2, -0.15) is 5.10 Å². The fraction of sp³-hybridized carbons (Fsp3) is 0.160. The fourth-order valence-electron chi connectivity index (χ4n) is 3.16. The predicted molar refractivity (Wildman–Crippen MR) is 114 cm³/mol. The van der Waals surface area contributed by atoms with Crippen LogP contribution in [0.25, 0.3) is 16.8 Å². The van der Waals surface area contributed by atoms with Crippen molar-refractivity contribution in [1.82, 2.24) is 9.78 Å². The van der Waals surface area contributed by atoms with Gasteiger partial charge in [-0.05, 0) is 68.1 Å². The summed E-state index contributed by atoms with van der Waals surface area (Å²) in [4.78, 5) is 0. The van der Waals surface area contributed by atoms with Crippen molar-refractivity contribution < 1.29 is 0 Å². The molecule has 3 aromatic carbocycles. The summed E-state index contributed by atoms with van der Waals surface area (Å²) in [6.45, 7) is 8.32. The zero-order valence-electron chi connectivity index (χ0n) is 16.5. The van der Waals surface area contributed by atoms with Crippen molar-refractivity contribution in [2.45, 2.75) is 27.7 Å². The van der Waals surface area contributed by atoms with Gasteiger partial charge < -0.3 is 0 Å². The molecule has 27 heavy (non-hydrogen) atoms. The molecule has 0 aliphatic heterocycles. The number of aryl methyl sites for hydroxylation is 4. The van der Waals surface area contributed by atoms with Gasteiger partial charge >= 0.3 is 0 Å². The summed E-state index contributed by atoms with van der Waals surface area (Å²) >= 11 is 0. The Kier molecular flexibility index (Phi) is 5.87. The molecule has 136 valence electrons. The van der Waals surface area contributed by atoms with E-state index in [4.69, 9.17) is 0 Å². The van der Waals surface area contributed by atoms with Gasteiger partial charge in [0.05, 0.1) is 11.4 Å². The van der Waals surface area contributed by atoms with Gasteiger partial charge in [-0.25, -0.2) is 4.68 Å². The summed E-state index contributed by atoms with van der Waals surface area (Å²) in [6, 6.07) is 29.4. The molecular weight excluding hydrogens is 328 g/mol. The third-order valence-corrected chi connectivity index (χ3v) is 4.49. The van der Waals surface area contributed by atoms with Crippen LogP contribution in [0.1, 0.15) is 22.5 Å². The lowest BCUT2D eigenvalue weighted by Gasteiger charge is -2.04. The minimum absolute atomic E-state index is 1.06. The summed E-state index contributed by atoms with van der Waals surface area (Å²) < 4.78 is 1.97. The molecular formula is C25H26N2. The second kappa shape index (κ2) is 8.50. The zero-order valence-corrected chi connectivity index (χ0v) is 16.5. The number of aromatic nitrogens is 2. The molecule has 0 N–H and O–H groups in total. The average Bonchev–Trinajstić information content (AvgIpc) is 3.02. The number of hydrogen-bond acceptors (Lipinski definition) is 1. The van der Waals surface area contributed by atoms with Gasteiger partial charge in [-0.3, -0.25) is 0 Å². The van der Waals surface area contributed by atoms with Crippen LogP contribution in [0.15, 0.2) is 84.9 Å². The Labute approximate surface area is 162 Å². The number of benzene rings is 3. The third-order valence-electron chi connectivity index (χ3n) is 4.49. The molecule has 0 unspecified atom stereocenters. The van der Waals surface area contributed by atoms with Crippen LogP contribution >= 0.6 is 0 Å². The van der Waals surface area contributed by atoms with Crippen LogP contribution in [0.3, 0.4) is 0 Å². The third kappa shape index (κ3) is 4.73. The van der Waals surface area contributed by atoms with Crippen LogP contribution in [-0.2, 0) is 0 Å². The molecule has 0 bridgehead atoms. The summed E-state index contributed by atoms with van der Waals surface area (Å²) in [7, 11) is 0. The highest BCUT2D eigenvalue weighted by atomic mass is 15.3. The van der Waals surface area contributed by atoms with Gasteiger partial charge in [-0.15, -0.1) is 0 Å². The van der Waals surface area contributed by atoms with Gasteiger partial charge in [0.25, 0.3) is 0 Å². The van der Waals surface area contributed by atoms with Gasteiger partial charge in [0, 0.05) is 5.69 Å². The van der Waals surface area contributed by atoms with Gasteiger partial charge in [0.15, 0.2) is 0 Å². The maximum absolute atomic E-state index is 4.44. The van der Waals surface area contributed by atoms with Crippen LogP contribution in [-0.4, -0.2) is 9.78 Å². The van der Waals surface area contributed by atoms with E-state index >= 15 is 0 Å². The van der Waals surface area contributed by atoms with E-state index in [2.05, 4.69) is 105 Å². The molecule has 4 rings (SSSR count). The van der Waals surface area contributed by atoms with E-state index < -0.39 is 0 Å². The molecule has 0 radical (unpaired) electrons. The Morgan fingerprint density at radius 3 is 2.00 bits per heavy atom. The van der Waals surface area contributed by atoms with Crippen LogP contribution in [0, 0.1) is 27.7 Å². The van der Waals surface area contributed by atoms with E-state index in [1.54, 1.807) is 0 Å². The molecule has 0 fully saturated rings. The Bertz CT molecular complexity index is 1010. The highest BCUT2D eigenvalue weighted by Gasteiger charge is 2.02. The minimum atomic E-state index is 1.06. The Hall–Kier alpha value is -3.13. The zero-order chi connectivity index (χ0) is 19.2. The maximum atomic E-state index is 4.44. The lowest BCUT2D eigenvalue weighted by Crippen LogP contribution is -1.98. The Balaban J connectivity index is 0.000000156. The quantitative estimate of drug-likeness (QED) is 0.404. The SMILES string of the molecule is Cc1cccc(-n2nc(C)cc2C)c1.Cc1ccccc1-c1ccccc1. The summed E-state index contributed by atoms with van der Waals surface area (Å²) in [5, 5.41) is 4.44. The molecule has 0 saturated heterocycles. The molecule has 0 saturated carbocycles. The number of nitrogens with zero attached hydrogens (tertiary/aromatic N) is 2. The van der Waals surface area contributed by atoms with Crippen LogP contribution in [0.2, 0.25) is 0 Å². The van der Waals surface area contributed by atoms with Crippen molar-refractivity contribution in [3.05, 3.63) is 107 Å². The monoisotopic (exact) mass is 354 g/mol. The largest absolute Gasteiger partial charge is 0.238 e. The number of rotatable bonds is 2. The first-order valence-corrected chi connectivity index (χ1v) is 9.26. The van der Waals surface area contributed by atoms with Crippen molar-refractivity contribution in [3.63, 3.8) is 0 Å². The summed E-state index contributed by atoms with van der Waals surface area (Å²) in [6.07, 6.45) is 0. The van der Waals surface area contributed by atoms with Crippen LogP contribution in [0.5, 0.6) is 0 Å². The molecule has 0 aliphatic carbocycles. The van der Waals surface area contributed by atoms with Crippen LogP contribution in [0.4, 0.5) is 0 Å². The van der Waals surface area contributed by atoms with Crippen molar-refractivity contribution in [1.29, 1.82) is 0 Å². The second-order valence-electron chi connectivity index (χ2n) is 6.86. The fourth-order valence-corrected chi connectivity index (χ4v) is 3.16. The number of hydrogen-bond donors (Lipinski definition) is 0. The lowest BCUT2D eigenvalue weighted by atomic mass is 10.0. The standard InChI is InChI=1S/C13H12.C12H14N2/c1-11-7-5-6-10-13(11)12-8-3-2-4-9-12;1-9-5-4-6-12(7-9)14-11(3)8-10(2)13-14/h2-10H,1H3;4-8H,1-3H3. The van der Waals surface area contributed by atoms with E-state index in [-0.39, 0.29) is 0 Å². The highest BCUT2D eigenvalue weighted by molar-refractivity contribution is 5.66. The molecule has 0 amide bonds. The average molecular weight is 354 g/mol. The van der Waals surface area contributed by atoms with E-state index in [0.717, 1.165) is 11.4 Å². The summed E-state index contributed by atoms with van der Waals surface area (Å²) in [5.41, 5.74) is 8.57. The first-order chi connectivity index (χ1) is 13.0.